The lowest BCUT2D eigenvalue weighted by Gasteiger charge is -2.13. The van der Waals surface area contributed by atoms with Gasteiger partial charge in [-0.15, -0.1) is 0 Å². The van der Waals surface area contributed by atoms with Gasteiger partial charge >= 0.3 is 5.97 Å². The van der Waals surface area contributed by atoms with Gasteiger partial charge in [0.05, 0.1) is 24.5 Å². The Balaban J connectivity index is 1.52. The van der Waals surface area contributed by atoms with Gasteiger partial charge in [-0.1, -0.05) is 29.8 Å². The Morgan fingerprint density at radius 3 is 2.93 bits per heavy atom. The number of nitrogens with one attached hydrogen (secondary N) is 1. The highest BCUT2D eigenvalue weighted by Crippen LogP contribution is 2.33. The molecule has 0 bridgehead atoms. The van der Waals surface area contributed by atoms with E-state index in [2.05, 4.69) is 5.32 Å². The highest BCUT2D eigenvalue weighted by molar-refractivity contribution is 6.31. The molecule has 6 nitrogen and oxygen atoms in total. The molecule has 0 aliphatic carbocycles. The maximum absolute atomic E-state index is 11.1. The van der Waals surface area contributed by atoms with Crippen molar-refractivity contribution in [3.8, 4) is 5.75 Å². The van der Waals surface area contributed by atoms with E-state index in [0.29, 0.717) is 28.5 Å². The third-order valence-corrected chi connectivity index (χ3v) is 5.18. The molecule has 3 aromatic rings. The molecule has 1 atom stereocenters. The molecule has 1 aliphatic heterocycles. The van der Waals surface area contributed by atoms with E-state index in [4.69, 9.17) is 30.6 Å². The van der Waals surface area contributed by atoms with Crippen LogP contribution in [0.2, 0.25) is 5.02 Å². The number of hydrogen-bond donors (Lipinski definition) is 2. The molecule has 0 radical (unpaired) electrons. The van der Waals surface area contributed by atoms with Crippen LogP contribution in [0.3, 0.4) is 0 Å². The summed E-state index contributed by atoms with van der Waals surface area (Å²) in [5.74, 6) is -0.355. The van der Waals surface area contributed by atoms with Crippen molar-refractivity contribution in [3.05, 3.63) is 58.8 Å². The summed E-state index contributed by atoms with van der Waals surface area (Å²) in [4.78, 5) is 11.1. The van der Waals surface area contributed by atoms with Crippen molar-refractivity contribution in [3.63, 3.8) is 0 Å². The van der Waals surface area contributed by atoms with Crippen molar-refractivity contribution in [2.75, 3.05) is 18.5 Å². The number of ether oxygens (including phenoxy) is 2. The van der Waals surface area contributed by atoms with E-state index < -0.39 is 5.97 Å². The Morgan fingerprint density at radius 1 is 1.28 bits per heavy atom. The second-order valence-corrected chi connectivity index (χ2v) is 7.51. The average Bonchev–Trinajstić information content (AvgIpc) is 3.35. The smallest absolute Gasteiger partial charge is 0.307 e. The minimum absolute atomic E-state index is 0.0918. The van der Waals surface area contributed by atoms with Crippen molar-refractivity contribution in [1.29, 1.82) is 0 Å². The van der Waals surface area contributed by atoms with Crippen molar-refractivity contribution < 1.29 is 23.8 Å². The number of rotatable bonds is 8. The zero-order valence-electron chi connectivity index (χ0n) is 15.8. The summed E-state index contributed by atoms with van der Waals surface area (Å²) in [5, 5.41) is 13.9. The fourth-order valence-corrected chi connectivity index (χ4v) is 3.75. The second-order valence-electron chi connectivity index (χ2n) is 7.07. The zero-order valence-corrected chi connectivity index (χ0v) is 16.6. The normalized spacial score (nSPS) is 16.2. The summed E-state index contributed by atoms with van der Waals surface area (Å²) in [7, 11) is 0. The van der Waals surface area contributed by atoms with Crippen LogP contribution in [0, 0.1) is 0 Å². The first-order valence-corrected chi connectivity index (χ1v) is 9.95. The van der Waals surface area contributed by atoms with Gasteiger partial charge in [-0.2, -0.15) is 0 Å². The molecule has 0 amide bonds. The van der Waals surface area contributed by atoms with E-state index in [-0.39, 0.29) is 19.1 Å². The van der Waals surface area contributed by atoms with Crippen molar-refractivity contribution in [2.24, 2.45) is 0 Å². The van der Waals surface area contributed by atoms with E-state index in [1.54, 1.807) is 24.5 Å². The SMILES string of the molecule is O=C(O)Cc1ccccc1OCc1coc2c(NCC3CCCO3)cc(Cl)cc12. The van der Waals surface area contributed by atoms with Gasteiger partial charge in [-0.3, -0.25) is 4.79 Å². The van der Waals surface area contributed by atoms with Crippen molar-refractivity contribution in [2.45, 2.75) is 32.0 Å². The molecule has 7 heteroatoms. The molecular weight excluding hydrogens is 394 g/mol. The highest BCUT2D eigenvalue weighted by atomic mass is 35.5. The molecule has 152 valence electrons. The summed E-state index contributed by atoms with van der Waals surface area (Å²) in [6.45, 7) is 1.75. The molecule has 0 spiro atoms. The Kier molecular flexibility index (Phi) is 5.92. The van der Waals surface area contributed by atoms with Crippen molar-refractivity contribution in [1.82, 2.24) is 0 Å². The van der Waals surface area contributed by atoms with Crippen LogP contribution >= 0.6 is 11.6 Å². The van der Waals surface area contributed by atoms with Crippen LogP contribution in [-0.2, 0) is 22.6 Å². The number of carboxylic acids is 1. The number of fused-ring (bicyclic) bond motifs is 1. The van der Waals surface area contributed by atoms with Crippen LogP contribution in [0.4, 0.5) is 5.69 Å². The first kappa shape index (κ1) is 19.6. The lowest BCUT2D eigenvalue weighted by Crippen LogP contribution is -2.18. The highest BCUT2D eigenvalue weighted by Gasteiger charge is 2.18. The van der Waals surface area contributed by atoms with Gasteiger partial charge in [0.2, 0.25) is 0 Å². The van der Waals surface area contributed by atoms with Gasteiger partial charge in [0.15, 0.2) is 5.58 Å². The minimum Gasteiger partial charge on any atom is -0.488 e. The summed E-state index contributed by atoms with van der Waals surface area (Å²) in [6, 6.07) is 10.8. The van der Waals surface area contributed by atoms with Crippen LogP contribution in [0.15, 0.2) is 47.1 Å². The first-order valence-electron chi connectivity index (χ1n) is 9.58. The average molecular weight is 416 g/mol. The molecule has 4 rings (SSSR count). The number of carboxylic acid groups (broad SMARTS) is 1. The molecule has 2 N–H and O–H groups in total. The summed E-state index contributed by atoms with van der Waals surface area (Å²) < 4.78 is 17.4. The van der Waals surface area contributed by atoms with Crippen LogP contribution < -0.4 is 10.1 Å². The second kappa shape index (κ2) is 8.76. The zero-order chi connectivity index (χ0) is 20.2. The maximum Gasteiger partial charge on any atom is 0.307 e. The van der Waals surface area contributed by atoms with E-state index in [0.717, 1.165) is 36.1 Å². The number of halogens is 1. The number of benzene rings is 2. The van der Waals surface area contributed by atoms with Gasteiger partial charge in [-0.25, -0.2) is 0 Å². The van der Waals surface area contributed by atoms with Crippen LogP contribution in [0.1, 0.15) is 24.0 Å². The molecule has 1 unspecified atom stereocenters. The lowest BCUT2D eigenvalue weighted by molar-refractivity contribution is -0.136. The Morgan fingerprint density at radius 2 is 2.14 bits per heavy atom. The Bertz CT molecular complexity index is 1010. The van der Waals surface area contributed by atoms with Crippen molar-refractivity contribution >= 4 is 34.2 Å². The first-order chi connectivity index (χ1) is 14.1. The molecule has 1 saturated heterocycles. The maximum atomic E-state index is 11.1. The largest absolute Gasteiger partial charge is 0.488 e. The predicted octanol–water partition coefficient (Wildman–Crippen LogP) is 4.88. The standard InChI is InChI=1S/C22H22ClNO5/c23-16-9-18-15(12-28-20-6-2-1-4-14(20)8-21(25)26)13-29-22(18)19(10-16)24-11-17-5-3-7-27-17/h1-2,4,6,9-10,13,17,24H,3,5,7-8,11-12H2,(H,25,26). The minimum atomic E-state index is -0.899. The fraction of sp³-hybridized carbons (Fsp3) is 0.318. The van der Waals surface area contributed by atoms with Crippen LogP contribution in [-0.4, -0.2) is 30.3 Å². The van der Waals surface area contributed by atoms with E-state index in [1.165, 1.54) is 0 Å². The summed E-state index contributed by atoms with van der Waals surface area (Å²) in [5.41, 5.74) is 3.00. The topological polar surface area (TPSA) is 80.9 Å². The third-order valence-electron chi connectivity index (χ3n) is 4.96. The molecule has 2 aromatic carbocycles. The number of anilines is 1. The lowest BCUT2D eigenvalue weighted by atomic mass is 10.1. The van der Waals surface area contributed by atoms with E-state index >= 15 is 0 Å². The monoisotopic (exact) mass is 415 g/mol. The number of furan rings is 1. The van der Waals surface area contributed by atoms with Crippen LogP contribution in [0.25, 0.3) is 11.0 Å². The van der Waals surface area contributed by atoms with Gasteiger partial charge in [0.1, 0.15) is 12.4 Å². The molecule has 0 saturated carbocycles. The number of hydrogen-bond acceptors (Lipinski definition) is 5. The van der Waals surface area contributed by atoms with Gasteiger partial charge < -0.3 is 24.3 Å². The summed E-state index contributed by atoms with van der Waals surface area (Å²) in [6.07, 6.45) is 3.89. The van der Waals surface area contributed by atoms with Gasteiger partial charge in [-0.05, 0) is 31.0 Å². The van der Waals surface area contributed by atoms with Gasteiger partial charge in [0, 0.05) is 34.7 Å². The number of carbonyl (C=O) groups is 1. The number of para-hydroxylation sites is 1. The molecule has 1 fully saturated rings. The molecule has 29 heavy (non-hydrogen) atoms. The predicted molar refractivity (Wildman–Crippen MR) is 111 cm³/mol. The van der Waals surface area contributed by atoms with E-state index in [9.17, 15) is 4.79 Å². The molecular formula is C22H22ClNO5. The quantitative estimate of drug-likeness (QED) is 0.545. The fourth-order valence-electron chi connectivity index (χ4n) is 3.53. The molecule has 1 aromatic heterocycles. The molecule has 2 heterocycles. The summed E-state index contributed by atoms with van der Waals surface area (Å²) >= 11 is 6.33. The number of aliphatic carboxylic acids is 1. The Hall–Kier alpha value is -2.70. The third kappa shape index (κ3) is 4.66. The van der Waals surface area contributed by atoms with Crippen LogP contribution in [0.5, 0.6) is 5.75 Å². The Labute approximate surface area is 173 Å². The molecule has 1 aliphatic rings. The van der Waals surface area contributed by atoms with Gasteiger partial charge in [0.25, 0.3) is 0 Å². The van der Waals surface area contributed by atoms with E-state index in [1.807, 2.05) is 18.2 Å².